The van der Waals surface area contributed by atoms with E-state index in [1.165, 1.54) is 23.5 Å². The average molecular weight is 373 g/mol. The summed E-state index contributed by atoms with van der Waals surface area (Å²) in [5.74, 6) is -0.302. The fourth-order valence-corrected chi connectivity index (χ4v) is 3.68. The highest BCUT2D eigenvalue weighted by atomic mass is 32.1. The number of aryl methyl sites for hydroxylation is 1. The van der Waals surface area contributed by atoms with Gasteiger partial charge < -0.3 is 5.11 Å². The zero-order valence-electron chi connectivity index (χ0n) is 14.6. The van der Waals surface area contributed by atoms with Crippen LogP contribution in [0.15, 0.2) is 47.3 Å². The number of allylic oxidation sites excluding steroid dienone is 1. The standard InChI is InChI=1S/C19H20FN3O2S/c1-3-4-5-16-22(17-10-13(2)18(26-17)19(24)25)12-21-23(16)11-14-6-8-15(20)9-7-14/h5-10,12H,3-4,11H2,1-2H3,(H,24,25)/b16-5-. The van der Waals surface area contributed by atoms with Crippen molar-refractivity contribution in [1.82, 2.24) is 5.01 Å². The molecule has 2 heterocycles. The molecule has 0 amide bonds. The Kier molecular flexibility index (Phi) is 5.37. The zero-order valence-corrected chi connectivity index (χ0v) is 15.5. The lowest BCUT2D eigenvalue weighted by atomic mass is 10.2. The van der Waals surface area contributed by atoms with Crippen molar-refractivity contribution in [3.05, 3.63) is 64.1 Å². The van der Waals surface area contributed by atoms with Crippen molar-refractivity contribution in [2.45, 2.75) is 33.2 Å². The van der Waals surface area contributed by atoms with Crippen LogP contribution < -0.4 is 4.90 Å². The quantitative estimate of drug-likeness (QED) is 0.790. The van der Waals surface area contributed by atoms with Crippen molar-refractivity contribution in [2.75, 3.05) is 4.90 Å². The van der Waals surface area contributed by atoms with E-state index in [-0.39, 0.29) is 5.82 Å². The molecule has 26 heavy (non-hydrogen) atoms. The molecule has 0 saturated heterocycles. The third kappa shape index (κ3) is 3.77. The molecule has 0 fully saturated rings. The summed E-state index contributed by atoms with van der Waals surface area (Å²) in [7, 11) is 0. The van der Waals surface area contributed by atoms with Crippen molar-refractivity contribution < 1.29 is 14.3 Å². The Morgan fingerprint density at radius 1 is 1.35 bits per heavy atom. The molecule has 3 rings (SSSR count). The van der Waals surface area contributed by atoms with Crippen LogP contribution in [-0.4, -0.2) is 22.4 Å². The van der Waals surface area contributed by atoms with Gasteiger partial charge in [-0.3, -0.25) is 4.90 Å². The minimum atomic E-state index is -0.919. The number of aromatic carboxylic acids is 1. The van der Waals surface area contributed by atoms with Gasteiger partial charge in [0.15, 0.2) is 0 Å². The molecule has 0 unspecified atom stereocenters. The van der Waals surface area contributed by atoms with Crippen LogP contribution >= 0.6 is 11.3 Å². The van der Waals surface area contributed by atoms with Gasteiger partial charge in [-0.2, -0.15) is 5.10 Å². The van der Waals surface area contributed by atoms with E-state index in [9.17, 15) is 14.3 Å². The number of thiophene rings is 1. The fourth-order valence-electron chi connectivity index (χ4n) is 2.68. The third-order valence-corrected chi connectivity index (χ3v) is 5.24. The Labute approximate surface area is 155 Å². The Balaban J connectivity index is 1.87. The number of hydrazone groups is 1. The summed E-state index contributed by atoms with van der Waals surface area (Å²) in [5.41, 5.74) is 1.68. The van der Waals surface area contributed by atoms with Crippen LogP contribution in [0.4, 0.5) is 9.39 Å². The molecule has 1 aliphatic heterocycles. The van der Waals surface area contributed by atoms with Crippen molar-refractivity contribution in [2.24, 2.45) is 5.10 Å². The van der Waals surface area contributed by atoms with Gasteiger partial charge in [-0.25, -0.2) is 14.2 Å². The molecule has 1 aromatic heterocycles. The van der Waals surface area contributed by atoms with E-state index < -0.39 is 5.97 Å². The first-order valence-corrected chi connectivity index (χ1v) is 9.20. The number of carboxylic acids is 1. The van der Waals surface area contributed by atoms with Crippen LogP contribution in [0.5, 0.6) is 0 Å². The Bertz CT molecular complexity index is 858. The maximum absolute atomic E-state index is 13.1. The van der Waals surface area contributed by atoms with Crippen LogP contribution in [0.2, 0.25) is 0 Å². The number of rotatable bonds is 6. The predicted molar refractivity (Wildman–Crippen MR) is 102 cm³/mol. The number of hydrogen-bond acceptors (Lipinski definition) is 5. The first-order valence-electron chi connectivity index (χ1n) is 8.38. The van der Waals surface area contributed by atoms with Gasteiger partial charge in [-0.15, -0.1) is 11.3 Å². The number of hydrogen-bond donors (Lipinski definition) is 1. The monoisotopic (exact) mass is 373 g/mol. The van der Waals surface area contributed by atoms with E-state index >= 15 is 0 Å². The number of carbonyl (C=O) groups is 1. The fraction of sp³-hybridized carbons (Fsp3) is 0.263. The van der Waals surface area contributed by atoms with Gasteiger partial charge in [0, 0.05) is 0 Å². The van der Waals surface area contributed by atoms with Gasteiger partial charge >= 0.3 is 5.97 Å². The average Bonchev–Trinajstić information content (AvgIpc) is 3.18. The summed E-state index contributed by atoms with van der Waals surface area (Å²) in [5, 5.41) is 16.4. The van der Waals surface area contributed by atoms with E-state index in [1.54, 1.807) is 25.4 Å². The number of halogens is 1. The number of benzene rings is 1. The maximum Gasteiger partial charge on any atom is 0.346 e. The smallest absolute Gasteiger partial charge is 0.346 e. The summed E-state index contributed by atoms with van der Waals surface area (Å²) >= 11 is 1.23. The Morgan fingerprint density at radius 3 is 2.69 bits per heavy atom. The minimum absolute atomic E-state index is 0.266. The lowest BCUT2D eigenvalue weighted by Crippen LogP contribution is -2.23. The lowest BCUT2D eigenvalue weighted by molar-refractivity contribution is 0.0701. The molecule has 1 aromatic carbocycles. The first kappa shape index (κ1) is 18.1. The van der Waals surface area contributed by atoms with Gasteiger partial charge in [0.25, 0.3) is 0 Å². The van der Waals surface area contributed by atoms with E-state index in [4.69, 9.17) is 0 Å². The summed E-state index contributed by atoms with van der Waals surface area (Å²) < 4.78 is 13.1. The first-order chi connectivity index (χ1) is 12.5. The molecule has 0 bridgehead atoms. The number of unbranched alkanes of at least 4 members (excludes halogenated alkanes) is 1. The SMILES string of the molecule is CCC/C=C1\N(Cc2ccc(F)cc2)N=CN1c1cc(C)c(C(=O)O)s1. The molecular formula is C19H20FN3O2S. The normalized spacial score (nSPS) is 15.3. The van der Waals surface area contributed by atoms with Gasteiger partial charge in [0.05, 0.1) is 6.54 Å². The van der Waals surface area contributed by atoms with Crippen LogP contribution in [-0.2, 0) is 6.54 Å². The van der Waals surface area contributed by atoms with Gasteiger partial charge in [0.1, 0.15) is 27.9 Å². The molecule has 0 radical (unpaired) electrons. The molecule has 2 aromatic rings. The van der Waals surface area contributed by atoms with Gasteiger partial charge in [-0.1, -0.05) is 25.5 Å². The lowest BCUT2D eigenvalue weighted by Gasteiger charge is -2.22. The summed E-state index contributed by atoms with van der Waals surface area (Å²) in [6.07, 6.45) is 5.66. The van der Waals surface area contributed by atoms with Crippen LogP contribution in [0.25, 0.3) is 0 Å². The largest absolute Gasteiger partial charge is 0.477 e. The second kappa shape index (κ2) is 7.70. The summed E-state index contributed by atoms with van der Waals surface area (Å²) in [6.45, 7) is 4.40. The molecule has 7 heteroatoms. The highest BCUT2D eigenvalue weighted by Gasteiger charge is 2.25. The van der Waals surface area contributed by atoms with E-state index in [1.807, 2.05) is 16.0 Å². The highest BCUT2D eigenvalue weighted by Crippen LogP contribution is 2.35. The van der Waals surface area contributed by atoms with E-state index in [2.05, 4.69) is 18.1 Å². The maximum atomic E-state index is 13.1. The molecular weight excluding hydrogens is 353 g/mol. The molecule has 0 atom stereocenters. The molecule has 0 spiro atoms. The van der Waals surface area contributed by atoms with Crippen LogP contribution in [0.3, 0.4) is 0 Å². The van der Waals surface area contributed by atoms with E-state index in [0.29, 0.717) is 11.4 Å². The second-order valence-corrected chi connectivity index (χ2v) is 7.07. The van der Waals surface area contributed by atoms with Crippen molar-refractivity contribution >= 4 is 28.6 Å². The van der Waals surface area contributed by atoms with Gasteiger partial charge in [0.2, 0.25) is 0 Å². The summed E-state index contributed by atoms with van der Waals surface area (Å²) in [6, 6.07) is 8.21. The van der Waals surface area contributed by atoms with Crippen molar-refractivity contribution in [1.29, 1.82) is 0 Å². The molecule has 0 saturated carbocycles. The van der Waals surface area contributed by atoms with Crippen LogP contribution in [0, 0.1) is 12.7 Å². The molecule has 136 valence electrons. The summed E-state index contributed by atoms with van der Waals surface area (Å²) in [4.78, 5) is 13.6. The minimum Gasteiger partial charge on any atom is -0.477 e. The molecule has 0 aliphatic carbocycles. The molecule has 1 N–H and O–H groups in total. The highest BCUT2D eigenvalue weighted by molar-refractivity contribution is 7.18. The van der Waals surface area contributed by atoms with E-state index in [0.717, 1.165) is 34.8 Å². The number of anilines is 1. The van der Waals surface area contributed by atoms with Gasteiger partial charge in [-0.05, 0) is 48.7 Å². The molecule has 1 aliphatic rings. The van der Waals surface area contributed by atoms with Crippen molar-refractivity contribution in [3.63, 3.8) is 0 Å². The zero-order chi connectivity index (χ0) is 18.7. The second-order valence-electron chi connectivity index (χ2n) is 6.04. The predicted octanol–water partition coefficient (Wildman–Crippen LogP) is 4.80. The Morgan fingerprint density at radius 2 is 2.08 bits per heavy atom. The third-order valence-electron chi connectivity index (χ3n) is 4.02. The Hall–Kier alpha value is -2.67. The number of carboxylic acid groups (broad SMARTS) is 1. The number of nitrogens with zero attached hydrogens (tertiary/aromatic N) is 3. The van der Waals surface area contributed by atoms with Crippen molar-refractivity contribution in [3.8, 4) is 0 Å². The molecule has 5 nitrogen and oxygen atoms in total. The van der Waals surface area contributed by atoms with Crippen LogP contribution in [0.1, 0.15) is 40.6 Å². The topological polar surface area (TPSA) is 56.1 Å².